The quantitative estimate of drug-likeness (QED) is 0.865. The zero-order valence-corrected chi connectivity index (χ0v) is 12.3. The Bertz CT molecular complexity index is 535. The molecule has 0 radical (unpaired) electrons. The van der Waals surface area contributed by atoms with Crippen molar-refractivity contribution in [3.8, 4) is 5.75 Å². The maximum atomic E-state index is 12.6. The minimum Gasteiger partial charge on any atom is -0.506 e. The third-order valence-corrected chi connectivity index (χ3v) is 4.70. The first-order valence-corrected chi connectivity index (χ1v) is 7.47. The van der Waals surface area contributed by atoms with Gasteiger partial charge in [-0.3, -0.25) is 9.69 Å². The number of hydrogen-bond donors (Lipinski definition) is 1. The second-order valence-electron chi connectivity index (χ2n) is 5.76. The van der Waals surface area contributed by atoms with Crippen LogP contribution in [0.15, 0.2) is 18.2 Å². The summed E-state index contributed by atoms with van der Waals surface area (Å²) in [6.45, 7) is 4.98. The molecule has 0 spiro atoms. The number of benzene rings is 1. The van der Waals surface area contributed by atoms with Gasteiger partial charge in [0.25, 0.3) is 5.91 Å². The van der Waals surface area contributed by atoms with Crippen LogP contribution in [0.25, 0.3) is 0 Å². The van der Waals surface area contributed by atoms with Crippen molar-refractivity contribution in [2.45, 2.75) is 31.8 Å². The van der Waals surface area contributed by atoms with Crippen molar-refractivity contribution in [2.75, 3.05) is 19.6 Å². The molecule has 4 nitrogen and oxygen atoms in total. The summed E-state index contributed by atoms with van der Waals surface area (Å²) in [4.78, 5) is 17.1. The lowest BCUT2D eigenvalue weighted by Crippen LogP contribution is -2.56. The van der Waals surface area contributed by atoms with Crippen LogP contribution in [0, 0.1) is 0 Å². The van der Waals surface area contributed by atoms with Crippen molar-refractivity contribution < 1.29 is 9.90 Å². The highest BCUT2D eigenvalue weighted by molar-refractivity contribution is 6.32. The van der Waals surface area contributed by atoms with E-state index >= 15 is 0 Å². The Balaban J connectivity index is 1.80. The van der Waals surface area contributed by atoms with E-state index < -0.39 is 0 Å². The second kappa shape index (κ2) is 5.26. The maximum Gasteiger partial charge on any atom is 0.254 e. The largest absolute Gasteiger partial charge is 0.506 e. The summed E-state index contributed by atoms with van der Waals surface area (Å²) < 4.78 is 0. The van der Waals surface area contributed by atoms with Crippen molar-refractivity contribution >= 4 is 17.5 Å². The van der Waals surface area contributed by atoms with Crippen molar-refractivity contribution in [3.63, 3.8) is 0 Å². The van der Waals surface area contributed by atoms with E-state index in [9.17, 15) is 9.90 Å². The SMILES string of the molecule is CC1CN2CCCC2CN1C(=O)c1ccc(O)c(Cl)c1. The van der Waals surface area contributed by atoms with Gasteiger partial charge < -0.3 is 10.0 Å². The molecule has 1 amide bonds. The number of hydrogen-bond acceptors (Lipinski definition) is 3. The number of amides is 1. The summed E-state index contributed by atoms with van der Waals surface area (Å²) >= 11 is 5.89. The number of aromatic hydroxyl groups is 1. The summed E-state index contributed by atoms with van der Waals surface area (Å²) in [5, 5.41) is 9.67. The van der Waals surface area contributed by atoms with E-state index in [4.69, 9.17) is 11.6 Å². The van der Waals surface area contributed by atoms with Crippen molar-refractivity contribution in [3.05, 3.63) is 28.8 Å². The van der Waals surface area contributed by atoms with Crippen molar-refractivity contribution in [1.29, 1.82) is 0 Å². The maximum absolute atomic E-state index is 12.6. The van der Waals surface area contributed by atoms with E-state index in [0.717, 1.165) is 19.6 Å². The first-order chi connectivity index (χ1) is 9.56. The Morgan fingerprint density at radius 1 is 1.40 bits per heavy atom. The van der Waals surface area contributed by atoms with Gasteiger partial charge in [0, 0.05) is 30.7 Å². The molecule has 3 rings (SSSR count). The predicted octanol–water partition coefficient (Wildman–Crippen LogP) is 2.35. The van der Waals surface area contributed by atoms with Crippen LogP contribution in [0.1, 0.15) is 30.1 Å². The van der Waals surface area contributed by atoms with E-state index in [2.05, 4.69) is 11.8 Å². The fourth-order valence-electron chi connectivity index (χ4n) is 3.28. The molecule has 0 saturated carbocycles. The number of carbonyl (C=O) groups excluding carboxylic acids is 1. The summed E-state index contributed by atoms with van der Waals surface area (Å²) in [6, 6.07) is 5.38. The normalized spacial score (nSPS) is 26.6. The Kier molecular flexibility index (Phi) is 3.61. The summed E-state index contributed by atoms with van der Waals surface area (Å²) in [7, 11) is 0. The van der Waals surface area contributed by atoms with Gasteiger partial charge in [0.2, 0.25) is 0 Å². The van der Waals surface area contributed by atoms with Crippen molar-refractivity contribution in [2.24, 2.45) is 0 Å². The van der Waals surface area contributed by atoms with E-state index in [1.165, 1.54) is 18.9 Å². The molecule has 1 N–H and O–H groups in total. The molecule has 2 fully saturated rings. The average Bonchev–Trinajstić information content (AvgIpc) is 2.87. The van der Waals surface area contributed by atoms with Gasteiger partial charge in [-0.2, -0.15) is 0 Å². The molecule has 2 aliphatic heterocycles. The van der Waals surface area contributed by atoms with Gasteiger partial charge >= 0.3 is 0 Å². The molecule has 2 heterocycles. The number of carbonyl (C=O) groups is 1. The molecule has 1 aromatic carbocycles. The molecule has 0 aromatic heterocycles. The molecule has 0 aliphatic carbocycles. The van der Waals surface area contributed by atoms with Gasteiger partial charge in [-0.15, -0.1) is 0 Å². The summed E-state index contributed by atoms with van der Waals surface area (Å²) in [5.41, 5.74) is 0.547. The topological polar surface area (TPSA) is 43.8 Å². The highest BCUT2D eigenvalue weighted by Gasteiger charge is 2.36. The first kappa shape index (κ1) is 13.7. The second-order valence-corrected chi connectivity index (χ2v) is 6.17. The standard InChI is InChI=1S/C15H19ClN2O2/c1-10-8-17-6-2-3-12(17)9-18(10)15(20)11-4-5-14(19)13(16)7-11/h4-5,7,10,12,19H,2-3,6,8-9H2,1H3. The fourth-order valence-corrected chi connectivity index (χ4v) is 3.46. The fraction of sp³-hybridized carbons (Fsp3) is 0.533. The van der Waals surface area contributed by atoms with E-state index in [0.29, 0.717) is 11.6 Å². The molecule has 20 heavy (non-hydrogen) atoms. The molecule has 5 heteroatoms. The molecular formula is C15H19ClN2O2. The van der Waals surface area contributed by atoms with E-state index in [1.807, 2.05) is 4.90 Å². The van der Waals surface area contributed by atoms with Gasteiger partial charge in [0.15, 0.2) is 0 Å². The lowest BCUT2D eigenvalue weighted by Gasteiger charge is -2.42. The third-order valence-electron chi connectivity index (χ3n) is 4.39. The van der Waals surface area contributed by atoms with Gasteiger partial charge in [-0.05, 0) is 44.5 Å². The number of nitrogens with zero attached hydrogens (tertiary/aromatic N) is 2. The van der Waals surface area contributed by atoms with Gasteiger partial charge in [0.1, 0.15) is 5.75 Å². The highest BCUT2D eigenvalue weighted by atomic mass is 35.5. The Labute approximate surface area is 123 Å². The van der Waals surface area contributed by atoms with E-state index in [1.54, 1.807) is 12.1 Å². The summed E-state index contributed by atoms with van der Waals surface area (Å²) in [5.74, 6) is 0.0165. The van der Waals surface area contributed by atoms with Crippen LogP contribution in [0.5, 0.6) is 5.75 Å². The molecule has 2 unspecified atom stereocenters. The molecule has 108 valence electrons. The van der Waals surface area contributed by atoms with Crippen LogP contribution in [0.3, 0.4) is 0 Å². The number of piperazine rings is 1. The van der Waals surface area contributed by atoms with Gasteiger partial charge in [-0.25, -0.2) is 0 Å². The van der Waals surface area contributed by atoms with E-state index in [-0.39, 0.29) is 22.7 Å². The van der Waals surface area contributed by atoms with Crippen LogP contribution in [-0.4, -0.2) is 52.5 Å². The molecule has 2 aliphatic rings. The lowest BCUT2D eigenvalue weighted by molar-refractivity contribution is 0.0395. The van der Waals surface area contributed by atoms with Crippen LogP contribution >= 0.6 is 11.6 Å². The minimum absolute atomic E-state index is 0.00551. The zero-order chi connectivity index (χ0) is 14.3. The number of phenolic OH excluding ortho intramolecular Hbond substituents is 1. The number of halogens is 1. The average molecular weight is 295 g/mol. The van der Waals surface area contributed by atoms with Gasteiger partial charge in [-0.1, -0.05) is 11.6 Å². The van der Waals surface area contributed by atoms with Crippen LogP contribution in [0.2, 0.25) is 5.02 Å². The monoisotopic (exact) mass is 294 g/mol. The lowest BCUT2D eigenvalue weighted by atomic mass is 10.1. The highest BCUT2D eigenvalue weighted by Crippen LogP contribution is 2.28. The van der Waals surface area contributed by atoms with Crippen LogP contribution in [0.4, 0.5) is 0 Å². The minimum atomic E-state index is 0.00551. The smallest absolute Gasteiger partial charge is 0.254 e. The summed E-state index contributed by atoms with van der Waals surface area (Å²) in [6.07, 6.45) is 2.40. The molecule has 2 saturated heterocycles. The molecule has 0 bridgehead atoms. The Morgan fingerprint density at radius 3 is 2.95 bits per heavy atom. The third kappa shape index (κ3) is 2.38. The van der Waals surface area contributed by atoms with Crippen LogP contribution < -0.4 is 0 Å². The van der Waals surface area contributed by atoms with Crippen LogP contribution in [-0.2, 0) is 0 Å². The first-order valence-electron chi connectivity index (χ1n) is 7.10. The Hall–Kier alpha value is -1.26. The Morgan fingerprint density at radius 2 is 2.20 bits per heavy atom. The van der Waals surface area contributed by atoms with Gasteiger partial charge in [0.05, 0.1) is 5.02 Å². The predicted molar refractivity (Wildman–Crippen MR) is 78.2 cm³/mol. The molecule has 2 atom stereocenters. The number of rotatable bonds is 1. The molecule has 1 aromatic rings. The van der Waals surface area contributed by atoms with Crippen molar-refractivity contribution in [1.82, 2.24) is 9.80 Å². The molecular weight excluding hydrogens is 276 g/mol. The number of phenols is 1. The number of fused-ring (bicyclic) bond motifs is 1. The zero-order valence-electron chi connectivity index (χ0n) is 11.6.